The standard InChI is InChI=1S/C20H30O2Si3/c1-7-23(3,4)21-25(22-24(5,6)8-2,19-15-11-9-12-16-19)20-17-13-10-14-18-20/h7,9-18H,1,8H2,2-6H3. The largest absolute Gasteiger partial charge is 0.430 e. The predicted molar refractivity (Wildman–Crippen MR) is 116 cm³/mol. The van der Waals surface area contributed by atoms with E-state index in [4.69, 9.17) is 8.23 Å². The van der Waals surface area contributed by atoms with Gasteiger partial charge in [0.05, 0.1) is 0 Å². The van der Waals surface area contributed by atoms with Crippen LogP contribution in [0.2, 0.25) is 32.2 Å². The van der Waals surface area contributed by atoms with Gasteiger partial charge in [0.25, 0.3) is 0 Å². The third kappa shape index (κ3) is 4.89. The van der Waals surface area contributed by atoms with Crippen molar-refractivity contribution in [1.82, 2.24) is 0 Å². The lowest BCUT2D eigenvalue weighted by Gasteiger charge is -2.42. The molecule has 25 heavy (non-hydrogen) atoms. The number of rotatable bonds is 8. The van der Waals surface area contributed by atoms with Crippen LogP contribution in [0.5, 0.6) is 0 Å². The highest BCUT2D eigenvalue weighted by Crippen LogP contribution is 2.23. The van der Waals surface area contributed by atoms with Gasteiger partial charge in [-0.3, -0.25) is 0 Å². The molecular weight excluding hydrogens is 356 g/mol. The molecule has 2 aromatic carbocycles. The average Bonchev–Trinajstić information content (AvgIpc) is 2.62. The van der Waals surface area contributed by atoms with E-state index in [0.29, 0.717) is 0 Å². The number of hydrogen-bond donors (Lipinski definition) is 0. The Morgan fingerprint density at radius 1 is 0.800 bits per heavy atom. The molecule has 0 N–H and O–H groups in total. The molecule has 0 amide bonds. The highest BCUT2D eigenvalue weighted by molar-refractivity contribution is 7.03. The van der Waals surface area contributed by atoms with E-state index in [2.05, 4.69) is 88.2 Å². The van der Waals surface area contributed by atoms with Crippen molar-refractivity contribution in [1.29, 1.82) is 0 Å². The summed E-state index contributed by atoms with van der Waals surface area (Å²) in [6.07, 6.45) is 0. The van der Waals surface area contributed by atoms with Gasteiger partial charge in [-0.15, -0.1) is 6.58 Å². The fraction of sp³-hybridized carbons (Fsp3) is 0.300. The Bertz CT molecular complexity index is 645. The monoisotopic (exact) mass is 386 g/mol. The second-order valence-corrected chi connectivity index (χ2v) is 19.3. The molecule has 0 aromatic heterocycles. The van der Waals surface area contributed by atoms with Crippen LogP contribution in [0.1, 0.15) is 6.92 Å². The maximum absolute atomic E-state index is 7.03. The fourth-order valence-corrected chi connectivity index (χ4v) is 13.6. The third-order valence-electron chi connectivity index (χ3n) is 4.48. The Balaban J connectivity index is 2.71. The second-order valence-electron chi connectivity index (χ2n) is 7.47. The molecular formula is C20H30O2Si3. The molecule has 0 unspecified atom stereocenters. The zero-order valence-electron chi connectivity index (χ0n) is 16.1. The molecule has 0 radical (unpaired) electrons. The van der Waals surface area contributed by atoms with Crippen molar-refractivity contribution >= 4 is 35.6 Å². The first-order valence-electron chi connectivity index (χ1n) is 8.90. The van der Waals surface area contributed by atoms with Crippen molar-refractivity contribution in [2.45, 2.75) is 39.2 Å². The molecule has 0 bridgehead atoms. The minimum Gasteiger partial charge on any atom is -0.430 e. The minimum atomic E-state index is -2.81. The average molecular weight is 387 g/mol. The van der Waals surface area contributed by atoms with Gasteiger partial charge >= 0.3 is 8.56 Å². The lowest BCUT2D eigenvalue weighted by atomic mass is 10.4. The summed E-state index contributed by atoms with van der Waals surface area (Å²) in [6, 6.07) is 22.1. The van der Waals surface area contributed by atoms with Crippen LogP contribution < -0.4 is 10.4 Å². The Kier molecular flexibility index (Phi) is 6.40. The molecule has 0 saturated heterocycles. The second kappa shape index (κ2) is 7.97. The highest BCUT2D eigenvalue weighted by Gasteiger charge is 2.49. The van der Waals surface area contributed by atoms with E-state index in [1.165, 1.54) is 10.4 Å². The van der Waals surface area contributed by atoms with Crippen LogP contribution in [0, 0.1) is 0 Å². The molecule has 0 spiro atoms. The topological polar surface area (TPSA) is 18.5 Å². The summed E-state index contributed by atoms with van der Waals surface area (Å²) in [6.45, 7) is 15.2. The van der Waals surface area contributed by atoms with E-state index in [9.17, 15) is 0 Å². The van der Waals surface area contributed by atoms with Crippen LogP contribution >= 0.6 is 0 Å². The lowest BCUT2D eigenvalue weighted by Crippen LogP contribution is -2.70. The number of hydrogen-bond acceptors (Lipinski definition) is 2. The summed E-state index contributed by atoms with van der Waals surface area (Å²) in [5.74, 6) is 0. The van der Waals surface area contributed by atoms with E-state index in [-0.39, 0.29) is 0 Å². The van der Waals surface area contributed by atoms with Gasteiger partial charge < -0.3 is 8.23 Å². The van der Waals surface area contributed by atoms with Gasteiger partial charge in [-0.1, -0.05) is 73.3 Å². The number of benzene rings is 2. The summed E-state index contributed by atoms with van der Waals surface area (Å²) in [5, 5.41) is 2.36. The Hall–Kier alpha value is -1.25. The maximum Gasteiger partial charge on any atom is 0.386 e. The molecule has 5 heteroatoms. The van der Waals surface area contributed by atoms with Crippen LogP contribution in [0.25, 0.3) is 0 Å². The predicted octanol–water partition coefficient (Wildman–Crippen LogP) is 4.43. The summed E-state index contributed by atoms with van der Waals surface area (Å²) < 4.78 is 14.0. The van der Waals surface area contributed by atoms with Crippen LogP contribution in [-0.4, -0.2) is 25.2 Å². The molecule has 2 nitrogen and oxygen atoms in total. The van der Waals surface area contributed by atoms with Crippen LogP contribution in [0.15, 0.2) is 72.9 Å². The molecule has 2 aromatic rings. The van der Waals surface area contributed by atoms with Gasteiger partial charge in [0.2, 0.25) is 8.32 Å². The van der Waals surface area contributed by atoms with Crippen LogP contribution in [0.4, 0.5) is 0 Å². The zero-order chi connectivity index (χ0) is 18.6. The SMILES string of the molecule is C=C[Si](C)(C)O[Si](O[Si](C)(C)CC)(c1ccccc1)c1ccccc1. The van der Waals surface area contributed by atoms with E-state index in [1.807, 2.05) is 17.8 Å². The van der Waals surface area contributed by atoms with Gasteiger partial charge in [0.15, 0.2) is 8.32 Å². The summed E-state index contributed by atoms with van der Waals surface area (Å²) >= 11 is 0. The lowest BCUT2D eigenvalue weighted by molar-refractivity contribution is 0.413. The Morgan fingerprint density at radius 3 is 1.60 bits per heavy atom. The summed E-state index contributed by atoms with van der Waals surface area (Å²) in [7, 11) is -6.74. The van der Waals surface area contributed by atoms with E-state index < -0.39 is 25.2 Å². The van der Waals surface area contributed by atoms with Crippen LogP contribution in [0.3, 0.4) is 0 Å². The van der Waals surface area contributed by atoms with Gasteiger partial charge in [0.1, 0.15) is 0 Å². The van der Waals surface area contributed by atoms with Crippen molar-refractivity contribution in [2.24, 2.45) is 0 Å². The first-order chi connectivity index (χ1) is 11.7. The van der Waals surface area contributed by atoms with E-state index in [1.54, 1.807) is 0 Å². The molecule has 0 aliphatic heterocycles. The third-order valence-corrected chi connectivity index (χ3v) is 16.0. The Morgan fingerprint density at radius 2 is 1.24 bits per heavy atom. The normalized spacial score (nSPS) is 12.8. The quantitative estimate of drug-likeness (QED) is 0.625. The molecule has 0 heterocycles. The summed E-state index contributed by atoms with van der Waals surface area (Å²) in [4.78, 5) is 0. The highest BCUT2D eigenvalue weighted by atomic mass is 28.5. The molecule has 134 valence electrons. The summed E-state index contributed by atoms with van der Waals surface area (Å²) in [5.41, 5.74) is 2.00. The first kappa shape index (κ1) is 20.1. The molecule has 0 fully saturated rings. The smallest absolute Gasteiger partial charge is 0.386 e. The maximum atomic E-state index is 7.03. The van der Waals surface area contributed by atoms with Crippen molar-refractivity contribution in [3.05, 3.63) is 72.9 Å². The Labute approximate surface area is 156 Å². The van der Waals surface area contributed by atoms with Crippen LogP contribution in [-0.2, 0) is 8.23 Å². The van der Waals surface area contributed by atoms with Gasteiger partial charge in [0, 0.05) is 0 Å². The van der Waals surface area contributed by atoms with E-state index in [0.717, 1.165) is 6.04 Å². The molecule has 0 atom stereocenters. The van der Waals surface area contributed by atoms with Gasteiger partial charge in [-0.05, 0) is 42.6 Å². The molecule has 0 aliphatic rings. The van der Waals surface area contributed by atoms with Crippen molar-refractivity contribution < 1.29 is 8.23 Å². The molecule has 0 saturated carbocycles. The van der Waals surface area contributed by atoms with Crippen molar-refractivity contribution in [2.75, 3.05) is 0 Å². The first-order valence-corrected chi connectivity index (χ1v) is 16.8. The minimum absolute atomic E-state index is 1.06. The van der Waals surface area contributed by atoms with E-state index >= 15 is 0 Å². The zero-order valence-corrected chi connectivity index (χ0v) is 19.1. The fourth-order valence-electron chi connectivity index (χ4n) is 2.61. The van der Waals surface area contributed by atoms with Gasteiger partial charge in [-0.25, -0.2) is 0 Å². The molecule has 2 rings (SSSR count). The molecule has 0 aliphatic carbocycles. The van der Waals surface area contributed by atoms with Gasteiger partial charge in [-0.2, -0.15) is 0 Å². The van der Waals surface area contributed by atoms with Crippen molar-refractivity contribution in [3.8, 4) is 0 Å². The van der Waals surface area contributed by atoms with Crippen molar-refractivity contribution in [3.63, 3.8) is 0 Å².